The summed E-state index contributed by atoms with van der Waals surface area (Å²) in [6.07, 6.45) is 6.19. The second-order valence-electron chi connectivity index (χ2n) is 16.2. The Balaban J connectivity index is 0.929. The zero-order valence-corrected chi connectivity index (χ0v) is 35.3. The molecule has 4 aromatic rings. The van der Waals surface area contributed by atoms with E-state index in [-0.39, 0.29) is 42.5 Å². The van der Waals surface area contributed by atoms with E-state index < -0.39 is 18.2 Å². The molecule has 16 nitrogen and oxygen atoms in total. The Bertz CT molecular complexity index is 2220. The summed E-state index contributed by atoms with van der Waals surface area (Å²) < 4.78 is 4.75. The zero-order valence-electron chi connectivity index (χ0n) is 35.3. The number of piperazine rings is 1. The number of aromatic amines is 2. The van der Waals surface area contributed by atoms with Gasteiger partial charge in [0.15, 0.2) is 0 Å². The number of nitrogens with zero attached hydrogens (tertiary/aromatic N) is 6. The molecule has 5 heterocycles. The summed E-state index contributed by atoms with van der Waals surface area (Å²) in [6.45, 7) is 9.90. The van der Waals surface area contributed by atoms with Gasteiger partial charge in [0.25, 0.3) is 0 Å². The molecule has 4 unspecified atom stereocenters. The van der Waals surface area contributed by atoms with Crippen molar-refractivity contribution in [1.29, 1.82) is 0 Å². The van der Waals surface area contributed by atoms with Gasteiger partial charge in [-0.2, -0.15) is 0 Å². The number of likely N-dealkylation sites (tertiary alicyclic amines) is 2. The number of hydrogen-bond donors (Lipinski definition) is 5. The van der Waals surface area contributed by atoms with Crippen molar-refractivity contribution in [2.24, 2.45) is 5.92 Å². The molecule has 5 N–H and O–H groups in total. The van der Waals surface area contributed by atoms with Gasteiger partial charge < -0.3 is 45.1 Å². The number of rotatable bonds is 11. The second kappa shape index (κ2) is 19.5. The second-order valence-corrected chi connectivity index (χ2v) is 16.2. The van der Waals surface area contributed by atoms with Crippen LogP contribution >= 0.6 is 0 Å². The lowest BCUT2D eigenvalue weighted by atomic mass is 10.0. The van der Waals surface area contributed by atoms with Gasteiger partial charge in [0.05, 0.1) is 49.6 Å². The van der Waals surface area contributed by atoms with Gasteiger partial charge in [0.1, 0.15) is 23.7 Å². The average molecular weight is 833 g/mol. The third-order valence-electron chi connectivity index (χ3n) is 11.8. The molecular formula is C45H56N10O6. The maximum absolute atomic E-state index is 13.6. The lowest BCUT2D eigenvalue weighted by Crippen LogP contribution is -2.55. The largest absolute Gasteiger partial charge is 0.453 e. The molecule has 3 saturated heterocycles. The van der Waals surface area contributed by atoms with Gasteiger partial charge >= 0.3 is 12.1 Å². The number of methoxy groups -OCH3 is 1. The monoisotopic (exact) mass is 832 g/mol. The highest BCUT2D eigenvalue weighted by Crippen LogP contribution is 2.34. The number of alkyl carbamates (subject to hydrolysis) is 1. The molecule has 2 aromatic heterocycles. The van der Waals surface area contributed by atoms with Crippen LogP contribution in [0, 0.1) is 17.8 Å². The molecule has 2 aromatic carbocycles. The molecule has 7 rings (SSSR count). The van der Waals surface area contributed by atoms with E-state index in [0.717, 1.165) is 65.1 Å². The summed E-state index contributed by atoms with van der Waals surface area (Å²) in [4.78, 5) is 75.6. The normalized spacial score (nSPS) is 19.0. The van der Waals surface area contributed by atoms with E-state index in [0.29, 0.717) is 51.6 Å². The van der Waals surface area contributed by atoms with Crippen LogP contribution in [-0.4, -0.2) is 140 Å². The van der Waals surface area contributed by atoms with Gasteiger partial charge in [-0.3, -0.25) is 14.5 Å². The van der Waals surface area contributed by atoms with Crippen LogP contribution in [0.3, 0.4) is 0 Å². The predicted octanol–water partition coefficient (Wildman–Crippen LogP) is 4.28. The highest BCUT2D eigenvalue weighted by molar-refractivity contribution is 5.87. The molecular weight excluding hydrogens is 777 g/mol. The van der Waals surface area contributed by atoms with Gasteiger partial charge in [-0.25, -0.2) is 19.6 Å². The van der Waals surface area contributed by atoms with Crippen LogP contribution in [0.5, 0.6) is 0 Å². The fourth-order valence-corrected chi connectivity index (χ4v) is 8.33. The number of β-amino-alcohol motifs (C(OH)–C–C–N with tert-alkyl or cyclic N) is 1. The number of amides is 5. The number of nitrogens with one attached hydrogen (secondary N) is 4. The molecule has 3 aliphatic rings. The van der Waals surface area contributed by atoms with Crippen LogP contribution < -0.4 is 10.6 Å². The third-order valence-corrected chi connectivity index (χ3v) is 11.8. The molecule has 3 aliphatic heterocycles. The Kier molecular flexibility index (Phi) is 13.7. The van der Waals surface area contributed by atoms with Crippen LogP contribution in [0.15, 0.2) is 60.9 Å². The summed E-state index contributed by atoms with van der Waals surface area (Å²) in [5, 5.41) is 14.8. The minimum absolute atomic E-state index is 0.0957. The molecule has 322 valence electrons. The van der Waals surface area contributed by atoms with E-state index in [4.69, 9.17) is 4.74 Å². The third kappa shape index (κ3) is 10.1. The first-order valence-electron chi connectivity index (χ1n) is 21.2. The molecule has 0 aliphatic carbocycles. The molecule has 0 spiro atoms. The molecule has 61 heavy (non-hydrogen) atoms. The molecule has 4 atom stereocenters. The minimum atomic E-state index is -0.692. The standard InChI is InChI=1S/C45H56N10O6/c1-29(2)39(51-45(60)61-4)43(58)55-20-6-8-38(55)41-47-28-36(50-41)34-17-13-32(14-18-34)10-9-31-11-15-33(16-12-31)35-27-46-40(49-35)37-7-5-19-54(37)42(57)30(3)48-44(59)53-23-21-52(22-24-53)25-26-56/h11-18,27-30,37-39,56H,5-8,19-26H2,1-4H3,(H,46,49)(H,47,50)(H,48,59)(H,51,60). The van der Waals surface area contributed by atoms with Gasteiger partial charge in [-0.15, -0.1) is 0 Å². The SMILES string of the molecule is COC(=O)NC(C(=O)N1CCCC1c1ncc(-c2ccc(C#Cc3ccc(-c4cnc(C5CCCN5C(=O)C(C)NC(=O)N5CCN(CCO)CC5)[nH]4)cc3)cc2)[nH]1)C(C)C. The van der Waals surface area contributed by atoms with Gasteiger partial charge in [-0.1, -0.05) is 50.0 Å². The van der Waals surface area contributed by atoms with E-state index in [1.165, 1.54) is 7.11 Å². The van der Waals surface area contributed by atoms with Gasteiger partial charge in [0.2, 0.25) is 11.8 Å². The first-order chi connectivity index (χ1) is 29.5. The van der Waals surface area contributed by atoms with Crippen molar-refractivity contribution in [1.82, 2.24) is 50.2 Å². The number of carbonyl (C=O) groups excluding carboxylic acids is 4. The van der Waals surface area contributed by atoms with E-state index in [1.54, 1.807) is 29.1 Å². The molecule has 3 fully saturated rings. The smallest absolute Gasteiger partial charge is 0.407 e. The summed E-state index contributed by atoms with van der Waals surface area (Å²) >= 11 is 0. The summed E-state index contributed by atoms with van der Waals surface area (Å²) in [6, 6.07) is 13.8. The van der Waals surface area contributed by atoms with Crippen molar-refractivity contribution >= 4 is 23.9 Å². The lowest BCUT2D eigenvalue weighted by molar-refractivity contribution is -0.135. The van der Waals surface area contributed by atoms with Gasteiger partial charge in [0, 0.05) is 56.9 Å². The maximum Gasteiger partial charge on any atom is 0.407 e. The fourth-order valence-electron chi connectivity index (χ4n) is 8.33. The van der Waals surface area contributed by atoms with Crippen LogP contribution in [0.1, 0.15) is 81.3 Å². The average Bonchev–Trinajstić information content (AvgIpc) is 4.12. The van der Waals surface area contributed by atoms with E-state index in [1.807, 2.05) is 67.3 Å². The number of ether oxygens (including phenoxy) is 1. The van der Waals surface area contributed by atoms with Crippen molar-refractivity contribution < 1.29 is 29.0 Å². The Labute approximate surface area is 356 Å². The molecule has 16 heteroatoms. The van der Waals surface area contributed by atoms with Crippen molar-refractivity contribution in [3.8, 4) is 34.4 Å². The Morgan fingerprint density at radius 3 is 1.74 bits per heavy atom. The number of imidazole rings is 2. The molecule has 0 saturated carbocycles. The van der Waals surface area contributed by atoms with Crippen LogP contribution in [-0.2, 0) is 14.3 Å². The molecule has 5 amide bonds. The zero-order chi connectivity index (χ0) is 43.0. The van der Waals surface area contributed by atoms with Crippen LogP contribution in [0.2, 0.25) is 0 Å². The first-order valence-corrected chi connectivity index (χ1v) is 21.2. The van der Waals surface area contributed by atoms with E-state index in [9.17, 15) is 24.3 Å². The van der Waals surface area contributed by atoms with Crippen LogP contribution in [0.4, 0.5) is 9.59 Å². The Hall–Kier alpha value is -6.18. The van der Waals surface area contributed by atoms with Crippen molar-refractivity contribution in [3.63, 3.8) is 0 Å². The summed E-state index contributed by atoms with van der Waals surface area (Å²) in [7, 11) is 1.29. The number of aliphatic hydroxyl groups is 1. The number of aromatic nitrogens is 4. The Morgan fingerprint density at radius 2 is 1.26 bits per heavy atom. The topological polar surface area (TPSA) is 192 Å². The lowest BCUT2D eigenvalue weighted by Gasteiger charge is -2.35. The highest BCUT2D eigenvalue weighted by Gasteiger charge is 2.38. The maximum atomic E-state index is 13.6. The Morgan fingerprint density at radius 1 is 0.754 bits per heavy atom. The van der Waals surface area contributed by atoms with Crippen LogP contribution in [0.25, 0.3) is 22.5 Å². The number of aliphatic hydroxyl groups excluding tert-OH is 1. The fraction of sp³-hybridized carbons (Fsp3) is 0.467. The number of carbonyl (C=O) groups is 4. The van der Waals surface area contributed by atoms with Crippen molar-refractivity contribution in [3.05, 3.63) is 83.7 Å². The molecule has 0 radical (unpaired) electrons. The predicted molar refractivity (Wildman–Crippen MR) is 229 cm³/mol. The number of H-pyrrole nitrogens is 2. The van der Waals surface area contributed by atoms with E-state index >= 15 is 0 Å². The number of hydrogen-bond acceptors (Lipinski definition) is 9. The summed E-state index contributed by atoms with van der Waals surface area (Å²) in [5.41, 5.74) is 5.30. The molecule has 0 bridgehead atoms. The number of urea groups is 1. The first kappa shape index (κ1) is 42.9. The van der Waals surface area contributed by atoms with Crippen molar-refractivity contribution in [2.45, 2.75) is 70.6 Å². The van der Waals surface area contributed by atoms with E-state index in [2.05, 4.69) is 47.3 Å². The minimum Gasteiger partial charge on any atom is -0.453 e. The van der Waals surface area contributed by atoms with Crippen molar-refractivity contribution in [2.75, 3.05) is 59.5 Å². The number of benzene rings is 2. The summed E-state index contributed by atoms with van der Waals surface area (Å²) in [5.74, 6) is 7.55. The quantitative estimate of drug-likeness (QED) is 0.137. The van der Waals surface area contributed by atoms with Gasteiger partial charge in [-0.05, 0) is 73.9 Å². The highest BCUT2D eigenvalue weighted by atomic mass is 16.5.